The third-order valence-electron chi connectivity index (χ3n) is 4.63. The fourth-order valence-electron chi connectivity index (χ4n) is 3.36. The average molecular weight is 390 g/mol. The lowest BCUT2D eigenvalue weighted by Gasteiger charge is -2.30. The third kappa shape index (κ3) is 3.09. The molecule has 0 spiro atoms. The Morgan fingerprint density at radius 2 is 1.92 bits per heavy atom. The van der Waals surface area contributed by atoms with Gasteiger partial charge in [-0.1, -0.05) is 48.3 Å². The summed E-state index contributed by atoms with van der Waals surface area (Å²) in [6, 6.07) is 11.1. The zero-order valence-electron chi connectivity index (χ0n) is 14.2. The van der Waals surface area contributed by atoms with Crippen LogP contribution >= 0.6 is 23.2 Å². The predicted octanol–water partition coefficient (Wildman–Crippen LogP) is 5.01. The number of hydrogen-bond acceptors (Lipinski definition) is 4. The van der Waals surface area contributed by atoms with Gasteiger partial charge in [0.1, 0.15) is 18.1 Å². The second-order valence-corrected chi connectivity index (χ2v) is 7.15. The zero-order chi connectivity index (χ0) is 18.3. The molecule has 26 heavy (non-hydrogen) atoms. The van der Waals surface area contributed by atoms with E-state index >= 15 is 0 Å². The maximum absolute atomic E-state index is 12.0. The molecule has 0 unspecified atom stereocenters. The van der Waals surface area contributed by atoms with Crippen molar-refractivity contribution in [1.82, 2.24) is 4.90 Å². The van der Waals surface area contributed by atoms with E-state index < -0.39 is 0 Å². The fourth-order valence-corrected chi connectivity index (χ4v) is 3.83. The van der Waals surface area contributed by atoms with Gasteiger partial charge in [-0.05, 0) is 29.7 Å². The van der Waals surface area contributed by atoms with Crippen molar-refractivity contribution in [2.24, 2.45) is 0 Å². The maximum atomic E-state index is 12.0. The van der Waals surface area contributed by atoms with Crippen LogP contribution in [0.15, 0.2) is 45.6 Å². The number of rotatable bonds is 3. The molecule has 0 fully saturated rings. The van der Waals surface area contributed by atoms with Crippen molar-refractivity contribution in [3.05, 3.63) is 73.6 Å². The van der Waals surface area contributed by atoms with E-state index in [0.29, 0.717) is 41.2 Å². The molecule has 0 amide bonds. The Morgan fingerprint density at radius 3 is 2.69 bits per heavy atom. The first-order valence-corrected chi connectivity index (χ1v) is 9.19. The standard InChI is InChI=1S/C20H17Cl2NO3/c1-2-12-7-18(24)26-19-14(12)8-17(22)20-15(19)10-23(11-25-20)9-13-5-3-4-6-16(13)21/h3-8H,2,9-11H2,1H3. The Bertz CT molecular complexity index is 1050. The van der Waals surface area contributed by atoms with Crippen molar-refractivity contribution >= 4 is 34.2 Å². The summed E-state index contributed by atoms with van der Waals surface area (Å²) < 4.78 is 11.4. The van der Waals surface area contributed by atoms with Gasteiger partial charge in [-0.3, -0.25) is 4.90 Å². The van der Waals surface area contributed by atoms with Crippen LogP contribution in [0.3, 0.4) is 0 Å². The van der Waals surface area contributed by atoms with Gasteiger partial charge in [0.15, 0.2) is 0 Å². The summed E-state index contributed by atoms with van der Waals surface area (Å²) in [7, 11) is 0. The summed E-state index contributed by atoms with van der Waals surface area (Å²) in [6.45, 7) is 3.58. The maximum Gasteiger partial charge on any atom is 0.336 e. The van der Waals surface area contributed by atoms with Crippen LogP contribution < -0.4 is 10.4 Å². The normalized spacial score (nSPS) is 14.3. The lowest BCUT2D eigenvalue weighted by Crippen LogP contribution is -2.32. The number of nitrogens with zero attached hydrogens (tertiary/aromatic N) is 1. The van der Waals surface area contributed by atoms with Gasteiger partial charge in [0.05, 0.1) is 10.6 Å². The van der Waals surface area contributed by atoms with Crippen LogP contribution in [-0.4, -0.2) is 11.6 Å². The van der Waals surface area contributed by atoms with E-state index in [1.165, 1.54) is 6.07 Å². The molecule has 0 saturated heterocycles. The molecular formula is C20H17Cl2NO3. The van der Waals surface area contributed by atoms with E-state index in [4.69, 9.17) is 32.4 Å². The first kappa shape index (κ1) is 17.4. The lowest BCUT2D eigenvalue weighted by atomic mass is 10.0. The minimum atomic E-state index is -0.359. The molecule has 0 saturated carbocycles. The third-order valence-corrected chi connectivity index (χ3v) is 5.28. The van der Waals surface area contributed by atoms with E-state index in [2.05, 4.69) is 4.90 Å². The summed E-state index contributed by atoms with van der Waals surface area (Å²) in [5.74, 6) is 0.589. The number of hydrogen-bond donors (Lipinski definition) is 0. The molecule has 0 radical (unpaired) electrons. The van der Waals surface area contributed by atoms with E-state index in [-0.39, 0.29) is 5.63 Å². The summed E-state index contributed by atoms with van der Waals surface area (Å²) in [5.41, 5.74) is 2.94. The minimum Gasteiger partial charge on any atom is -0.476 e. The molecular weight excluding hydrogens is 373 g/mol. The smallest absolute Gasteiger partial charge is 0.336 e. The van der Waals surface area contributed by atoms with E-state index in [0.717, 1.165) is 28.5 Å². The van der Waals surface area contributed by atoms with Crippen molar-refractivity contribution in [2.75, 3.05) is 6.73 Å². The van der Waals surface area contributed by atoms with Crippen LogP contribution in [0.25, 0.3) is 11.0 Å². The van der Waals surface area contributed by atoms with Gasteiger partial charge in [-0.25, -0.2) is 4.79 Å². The predicted molar refractivity (Wildman–Crippen MR) is 103 cm³/mol. The van der Waals surface area contributed by atoms with Gasteiger partial charge >= 0.3 is 5.63 Å². The zero-order valence-corrected chi connectivity index (χ0v) is 15.7. The molecule has 1 aliphatic rings. The molecule has 4 nitrogen and oxygen atoms in total. The Hall–Kier alpha value is -2.01. The van der Waals surface area contributed by atoms with Crippen molar-refractivity contribution in [3.63, 3.8) is 0 Å². The van der Waals surface area contributed by atoms with Crippen LogP contribution in [0.2, 0.25) is 10.0 Å². The second-order valence-electron chi connectivity index (χ2n) is 6.34. The van der Waals surface area contributed by atoms with Crippen LogP contribution in [0.5, 0.6) is 5.75 Å². The quantitative estimate of drug-likeness (QED) is 0.590. The second kappa shape index (κ2) is 6.95. The van der Waals surface area contributed by atoms with E-state index in [1.54, 1.807) is 0 Å². The first-order valence-electron chi connectivity index (χ1n) is 8.43. The minimum absolute atomic E-state index is 0.359. The number of benzene rings is 2. The molecule has 4 rings (SSSR count). The molecule has 0 aliphatic carbocycles. The molecule has 1 aromatic heterocycles. The van der Waals surface area contributed by atoms with Crippen LogP contribution in [-0.2, 0) is 19.5 Å². The average Bonchev–Trinajstić information content (AvgIpc) is 2.64. The van der Waals surface area contributed by atoms with Crippen molar-refractivity contribution in [2.45, 2.75) is 26.4 Å². The Kier molecular flexibility index (Phi) is 4.65. The van der Waals surface area contributed by atoms with Gasteiger partial charge in [0, 0.05) is 29.6 Å². The Morgan fingerprint density at radius 1 is 1.12 bits per heavy atom. The highest BCUT2D eigenvalue weighted by molar-refractivity contribution is 6.33. The Balaban J connectivity index is 1.78. The monoisotopic (exact) mass is 389 g/mol. The molecule has 0 atom stereocenters. The number of aryl methyl sites for hydroxylation is 1. The first-order chi connectivity index (χ1) is 12.6. The highest BCUT2D eigenvalue weighted by Crippen LogP contribution is 2.39. The number of fused-ring (bicyclic) bond motifs is 3. The molecule has 0 N–H and O–H groups in total. The van der Waals surface area contributed by atoms with Crippen LogP contribution in [0.1, 0.15) is 23.6 Å². The van der Waals surface area contributed by atoms with Gasteiger partial charge in [0.2, 0.25) is 0 Å². The molecule has 2 heterocycles. The van der Waals surface area contributed by atoms with Gasteiger partial charge in [-0.2, -0.15) is 0 Å². The van der Waals surface area contributed by atoms with Crippen molar-refractivity contribution < 1.29 is 9.15 Å². The summed E-state index contributed by atoms with van der Waals surface area (Å²) in [4.78, 5) is 14.1. The van der Waals surface area contributed by atoms with E-state index in [9.17, 15) is 4.79 Å². The molecule has 6 heteroatoms. The number of ether oxygens (including phenoxy) is 1. The Labute approximate surface area is 160 Å². The summed E-state index contributed by atoms with van der Waals surface area (Å²) in [6.07, 6.45) is 0.724. The van der Waals surface area contributed by atoms with Gasteiger partial charge in [-0.15, -0.1) is 0 Å². The highest BCUT2D eigenvalue weighted by Gasteiger charge is 2.25. The topological polar surface area (TPSA) is 42.7 Å². The van der Waals surface area contributed by atoms with Gasteiger partial charge < -0.3 is 9.15 Å². The largest absolute Gasteiger partial charge is 0.476 e. The van der Waals surface area contributed by atoms with Crippen molar-refractivity contribution in [1.29, 1.82) is 0 Å². The van der Waals surface area contributed by atoms with Crippen molar-refractivity contribution in [3.8, 4) is 5.75 Å². The summed E-state index contributed by atoms with van der Waals surface area (Å²) in [5, 5.41) is 2.11. The van der Waals surface area contributed by atoms with E-state index in [1.807, 2.05) is 37.3 Å². The molecule has 1 aliphatic heterocycles. The SMILES string of the molecule is CCc1cc(=O)oc2c3c(c(Cl)cc12)OCN(Cc1ccccc1Cl)C3. The number of halogens is 2. The molecule has 134 valence electrons. The molecule has 2 aromatic carbocycles. The fraction of sp³-hybridized carbons (Fsp3) is 0.250. The summed E-state index contributed by atoms with van der Waals surface area (Å²) >= 11 is 12.7. The highest BCUT2D eigenvalue weighted by atomic mass is 35.5. The van der Waals surface area contributed by atoms with Crippen LogP contribution in [0.4, 0.5) is 0 Å². The molecule has 3 aromatic rings. The van der Waals surface area contributed by atoms with Crippen LogP contribution in [0, 0.1) is 0 Å². The van der Waals surface area contributed by atoms with Gasteiger partial charge in [0.25, 0.3) is 0 Å². The molecule has 0 bridgehead atoms. The lowest BCUT2D eigenvalue weighted by molar-refractivity contribution is 0.0891.